The van der Waals surface area contributed by atoms with Crippen molar-refractivity contribution in [2.75, 3.05) is 40.4 Å². The van der Waals surface area contributed by atoms with E-state index < -0.39 is 51.9 Å². The van der Waals surface area contributed by atoms with Crippen molar-refractivity contribution < 1.29 is 49.4 Å². The van der Waals surface area contributed by atoms with E-state index in [4.69, 9.17) is 9.47 Å². The number of methoxy groups -OCH3 is 2. The van der Waals surface area contributed by atoms with Gasteiger partial charge in [-0.2, -0.15) is 0 Å². The van der Waals surface area contributed by atoms with Crippen molar-refractivity contribution in [3.8, 4) is 40.4 Å². The number of hydrogen-bond donors (Lipinski definition) is 6. The van der Waals surface area contributed by atoms with Gasteiger partial charge in [-0.05, 0) is 0 Å². The van der Waals surface area contributed by atoms with Crippen molar-refractivity contribution in [2.24, 2.45) is 0 Å². The number of hydrogen-bond acceptors (Lipinski definition) is 11. The number of ether oxygens (including phenoxy) is 2. The molecule has 3 aromatic rings. The number of aromatic hydroxyl groups is 5. The number of piperazine rings is 1. The Balaban J connectivity index is 1.52. The summed E-state index contributed by atoms with van der Waals surface area (Å²) in [5.41, 5.74) is -0.383. The monoisotopic (exact) mass is 502 g/mol. The fourth-order valence-electron chi connectivity index (χ4n) is 4.00. The lowest BCUT2D eigenvalue weighted by atomic mass is 10.1. The van der Waals surface area contributed by atoms with Gasteiger partial charge in [0.25, 0.3) is 17.6 Å². The van der Waals surface area contributed by atoms with Crippen LogP contribution in [0.5, 0.6) is 40.4 Å². The number of nitrogens with one attached hydrogen (secondary N) is 1. The number of benzene rings is 1. The minimum Gasteiger partial charge on any atom is -0.504 e. The van der Waals surface area contributed by atoms with Gasteiger partial charge in [0.15, 0.2) is 11.5 Å². The Hall–Kier alpha value is -4.88. The first-order chi connectivity index (χ1) is 17.1. The van der Waals surface area contributed by atoms with Gasteiger partial charge in [-0.3, -0.25) is 14.4 Å². The third-order valence-corrected chi connectivity index (χ3v) is 5.93. The Labute approximate surface area is 202 Å². The molecule has 14 nitrogen and oxygen atoms in total. The third kappa shape index (κ3) is 3.68. The number of phenols is 5. The summed E-state index contributed by atoms with van der Waals surface area (Å²) in [7, 11) is 2.80. The van der Waals surface area contributed by atoms with E-state index in [2.05, 4.69) is 9.97 Å². The Kier molecular flexibility index (Phi) is 6.10. The van der Waals surface area contributed by atoms with Crippen molar-refractivity contribution in [1.82, 2.24) is 19.8 Å². The van der Waals surface area contributed by atoms with Gasteiger partial charge < -0.3 is 49.8 Å². The van der Waals surface area contributed by atoms with Gasteiger partial charge in [0.05, 0.1) is 31.4 Å². The highest BCUT2D eigenvalue weighted by molar-refractivity contribution is 6.45. The molecule has 2 aromatic heterocycles. The number of carbonyl (C=O) groups is 3. The topological polar surface area (TPSA) is 206 Å². The highest BCUT2D eigenvalue weighted by Crippen LogP contribution is 2.51. The number of rotatable bonds is 5. The van der Waals surface area contributed by atoms with Gasteiger partial charge >= 0.3 is 0 Å². The molecular weight excluding hydrogens is 480 g/mol. The second-order valence-corrected chi connectivity index (χ2v) is 7.82. The average molecular weight is 502 g/mol. The number of fused-ring (bicyclic) bond motifs is 1. The van der Waals surface area contributed by atoms with Gasteiger partial charge in [-0.25, -0.2) is 4.98 Å². The Morgan fingerprint density at radius 1 is 0.861 bits per heavy atom. The number of pyridine rings is 1. The van der Waals surface area contributed by atoms with Crippen LogP contribution < -0.4 is 9.47 Å². The molecule has 6 N–H and O–H groups in total. The van der Waals surface area contributed by atoms with E-state index >= 15 is 0 Å². The maximum Gasteiger partial charge on any atom is 0.295 e. The van der Waals surface area contributed by atoms with E-state index in [0.717, 1.165) is 4.90 Å². The van der Waals surface area contributed by atoms with Crippen LogP contribution in [0.2, 0.25) is 0 Å². The molecule has 0 unspecified atom stereocenters. The van der Waals surface area contributed by atoms with Crippen molar-refractivity contribution in [1.29, 1.82) is 0 Å². The number of carbonyl (C=O) groups excluding carboxylic acids is 3. The SMILES string of the molecule is COc1ncc(OC)c2c(C(=O)C(=O)N3CCN(C(=O)c4c(O)c(O)c(O)c(O)c4O)CC3)c[nH]c12. The van der Waals surface area contributed by atoms with Crippen molar-refractivity contribution in [3.05, 3.63) is 23.5 Å². The Bertz CT molecular complexity index is 1360. The van der Waals surface area contributed by atoms with Crippen LogP contribution in [0.15, 0.2) is 12.4 Å². The fourth-order valence-corrected chi connectivity index (χ4v) is 4.00. The molecule has 4 rings (SSSR count). The number of nitrogens with zero attached hydrogens (tertiary/aromatic N) is 3. The molecule has 2 amide bonds. The normalized spacial score (nSPS) is 13.6. The molecular formula is C22H22N4O10. The van der Waals surface area contributed by atoms with Crippen LogP contribution in [-0.2, 0) is 4.79 Å². The summed E-state index contributed by atoms with van der Waals surface area (Å²) < 4.78 is 10.5. The van der Waals surface area contributed by atoms with Crippen LogP contribution in [0.4, 0.5) is 0 Å². The number of aromatic nitrogens is 2. The van der Waals surface area contributed by atoms with Crippen LogP contribution in [0.3, 0.4) is 0 Å². The Morgan fingerprint density at radius 3 is 1.97 bits per heavy atom. The molecule has 1 aliphatic rings. The van der Waals surface area contributed by atoms with Crippen LogP contribution >= 0.6 is 0 Å². The van der Waals surface area contributed by atoms with Gasteiger partial charge in [-0.15, -0.1) is 0 Å². The number of Topliss-reactive ketones (excluding diaryl/α,β-unsaturated/α-hetero) is 1. The molecule has 0 spiro atoms. The number of phenolic OH excluding ortho intramolecular Hbond substituents is 5. The number of ketones is 1. The standard InChI is InChI=1S/C22H22N4O10/c1-35-10-8-24-20(36-2)13-11(10)9(7-23-13)14(27)22(34)26-5-3-25(4-6-26)21(33)12-15(28)17(30)19(32)18(31)16(12)29/h7-8,23,28-32H,3-6H2,1-2H3. The second kappa shape index (κ2) is 9.05. The number of aromatic amines is 1. The molecule has 1 aromatic carbocycles. The predicted octanol–water partition coefficient (Wildman–Crippen LogP) is 0.275. The molecule has 1 fully saturated rings. The maximum atomic E-state index is 13.1. The van der Waals surface area contributed by atoms with Gasteiger partial charge in [0.2, 0.25) is 23.1 Å². The van der Waals surface area contributed by atoms with E-state index in [1.165, 1.54) is 31.5 Å². The highest BCUT2D eigenvalue weighted by atomic mass is 16.5. The smallest absolute Gasteiger partial charge is 0.295 e. The van der Waals surface area contributed by atoms with E-state index in [1.54, 1.807) is 0 Å². The zero-order valence-electron chi connectivity index (χ0n) is 19.1. The molecule has 0 radical (unpaired) electrons. The van der Waals surface area contributed by atoms with Crippen LogP contribution in [0.25, 0.3) is 10.9 Å². The quantitative estimate of drug-likeness (QED) is 0.121. The first-order valence-electron chi connectivity index (χ1n) is 10.5. The highest BCUT2D eigenvalue weighted by Gasteiger charge is 2.34. The average Bonchev–Trinajstić information content (AvgIpc) is 3.35. The minimum atomic E-state index is -1.18. The van der Waals surface area contributed by atoms with E-state index in [1.807, 2.05) is 0 Å². The molecule has 0 aliphatic carbocycles. The van der Waals surface area contributed by atoms with Crippen LogP contribution in [-0.4, -0.2) is 103 Å². The Morgan fingerprint density at radius 2 is 1.42 bits per heavy atom. The summed E-state index contributed by atoms with van der Waals surface area (Å²) in [4.78, 5) is 48.2. The summed E-state index contributed by atoms with van der Waals surface area (Å²) in [5.74, 6) is -7.89. The molecule has 1 aliphatic heterocycles. The van der Waals surface area contributed by atoms with E-state index in [-0.39, 0.29) is 43.4 Å². The van der Waals surface area contributed by atoms with Gasteiger partial charge in [0, 0.05) is 32.4 Å². The first kappa shape index (κ1) is 24.3. The zero-order valence-corrected chi connectivity index (χ0v) is 19.1. The first-order valence-corrected chi connectivity index (χ1v) is 10.5. The van der Waals surface area contributed by atoms with Crippen molar-refractivity contribution in [2.45, 2.75) is 0 Å². The summed E-state index contributed by atoms with van der Waals surface area (Å²) in [6.07, 6.45) is 2.72. The summed E-state index contributed by atoms with van der Waals surface area (Å²) in [5, 5.41) is 49.2. The van der Waals surface area contributed by atoms with Crippen LogP contribution in [0, 0.1) is 0 Å². The number of amides is 2. The predicted molar refractivity (Wildman–Crippen MR) is 121 cm³/mol. The molecule has 36 heavy (non-hydrogen) atoms. The molecule has 1 saturated heterocycles. The summed E-state index contributed by atoms with van der Waals surface area (Å²) in [6.45, 7) is -0.293. The lowest BCUT2D eigenvalue weighted by Crippen LogP contribution is -2.52. The number of H-pyrrole nitrogens is 1. The molecule has 0 bridgehead atoms. The lowest BCUT2D eigenvalue weighted by Gasteiger charge is -2.34. The van der Waals surface area contributed by atoms with Crippen molar-refractivity contribution in [3.63, 3.8) is 0 Å². The second-order valence-electron chi connectivity index (χ2n) is 7.82. The zero-order chi connectivity index (χ0) is 26.3. The van der Waals surface area contributed by atoms with Gasteiger partial charge in [0.1, 0.15) is 16.8 Å². The van der Waals surface area contributed by atoms with E-state index in [9.17, 15) is 39.9 Å². The molecule has 0 saturated carbocycles. The van der Waals surface area contributed by atoms with Crippen molar-refractivity contribution >= 4 is 28.5 Å². The molecule has 190 valence electrons. The summed E-state index contributed by atoms with van der Waals surface area (Å²) >= 11 is 0. The van der Waals surface area contributed by atoms with E-state index in [0.29, 0.717) is 10.9 Å². The molecule has 0 atom stereocenters. The molecule has 3 heterocycles. The third-order valence-electron chi connectivity index (χ3n) is 5.93. The van der Waals surface area contributed by atoms with Crippen LogP contribution in [0.1, 0.15) is 20.7 Å². The van der Waals surface area contributed by atoms with Gasteiger partial charge in [-0.1, -0.05) is 0 Å². The lowest BCUT2D eigenvalue weighted by molar-refractivity contribution is -0.127. The summed E-state index contributed by atoms with van der Waals surface area (Å²) in [6, 6.07) is 0. The minimum absolute atomic E-state index is 0.0518. The fraction of sp³-hybridized carbons (Fsp3) is 0.273. The molecule has 14 heteroatoms. The largest absolute Gasteiger partial charge is 0.504 e. The maximum absolute atomic E-state index is 13.1.